The molecule has 10 aromatic rings. The summed E-state index contributed by atoms with van der Waals surface area (Å²) in [4.78, 5) is 18.0. The standard InChI is InChI=1S/C47H29N5/c1-2-16-34-30(12-1)13-9-21-39(34)46-48-45(49-47(50-46)52-41-23-7-3-17-35(41)36-18-4-8-24-42(36)52)32-26-28-33(29-27-32)51-40-22-6-5-19-37(40)38-20-10-14-31-15-11-25-43(51)44(31)38/h1-29H. The predicted octanol–water partition coefficient (Wildman–Crippen LogP) is 12.1. The largest absolute Gasteiger partial charge is 0.309 e. The van der Waals surface area contributed by atoms with E-state index in [9.17, 15) is 0 Å². The van der Waals surface area contributed by atoms with Crippen molar-refractivity contribution in [3.63, 3.8) is 0 Å². The van der Waals surface area contributed by atoms with Crippen molar-refractivity contribution in [1.82, 2.24) is 19.5 Å². The molecule has 0 bridgehead atoms. The smallest absolute Gasteiger partial charge is 0.238 e. The van der Waals surface area contributed by atoms with Gasteiger partial charge in [0.1, 0.15) is 0 Å². The van der Waals surface area contributed by atoms with E-state index < -0.39 is 0 Å². The van der Waals surface area contributed by atoms with Crippen LogP contribution in [0.25, 0.3) is 83.2 Å². The number of fused-ring (bicyclic) bond motifs is 6. The van der Waals surface area contributed by atoms with Gasteiger partial charge in [0.25, 0.3) is 0 Å². The zero-order valence-corrected chi connectivity index (χ0v) is 28.0. The number of rotatable bonds is 4. The van der Waals surface area contributed by atoms with Crippen molar-refractivity contribution in [3.8, 4) is 39.9 Å². The molecule has 8 aromatic carbocycles. The van der Waals surface area contributed by atoms with Crippen LogP contribution >= 0.6 is 0 Å². The van der Waals surface area contributed by atoms with Gasteiger partial charge in [-0.15, -0.1) is 0 Å². The van der Waals surface area contributed by atoms with Gasteiger partial charge in [-0.25, -0.2) is 4.98 Å². The van der Waals surface area contributed by atoms with Gasteiger partial charge in [0.05, 0.1) is 22.4 Å². The summed E-state index contributed by atoms with van der Waals surface area (Å²) >= 11 is 0. The van der Waals surface area contributed by atoms with Crippen molar-refractivity contribution in [1.29, 1.82) is 0 Å². The maximum atomic E-state index is 5.22. The third-order valence-electron chi connectivity index (χ3n) is 10.4. The summed E-state index contributed by atoms with van der Waals surface area (Å²) in [6.45, 7) is 0. The first kappa shape index (κ1) is 28.7. The van der Waals surface area contributed by atoms with E-state index in [4.69, 9.17) is 15.0 Å². The molecule has 242 valence electrons. The minimum atomic E-state index is 0.586. The van der Waals surface area contributed by atoms with E-state index >= 15 is 0 Å². The zero-order valence-electron chi connectivity index (χ0n) is 28.0. The fourth-order valence-corrected chi connectivity index (χ4v) is 8.07. The molecule has 0 N–H and O–H groups in total. The summed E-state index contributed by atoms with van der Waals surface area (Å²) in [5.41, 5.74) is 9.89. The first-order valence-electron chi connectivity index (χ1n) is 17.5. The van der Waals surface area contributed by atoms with Crippen molar-refractivity contribution >= 4 is 60.4 Å². The molecule has 0 amide bonds. The number of hydrogen-bond acceptors (Lipinski definition) is 4. The lowest BCUT2D eigenvalue weighted by molar-refractivity contribution is 0.954. The lowest BCUT2D eigenvalue weighted by atomic mass is 9.91. The number of para-hydroxylation sites is 3. The molecule has 1 aliphatic heterocycles. The first-order chi connectivity index (χ1) is 25.8. The summed E-state index contributed by atoms with van der Waals surface area (Å²) in [6, 6.07) is 62.1. The second-order valence-corrected chi connectivity index (χ2v) is 13.3. The SMILES string of the molecule is c1ccc2c(c1)-c1cccc3cccc(c13)N2c1ccc(-c2nc(-c3cccc4ccccc34)nc(-n3c4ccccc4c4ccccc43)n2)cc1. The molecule has 52 heavy (non-hydrogen) atoms. The molecule has 0 spiro atoms. The zero-order chi connectivity index (χ0) is 34.2. The fourth-order valence-electron chi connectivity index (χ4n) is 8.07. The van der Waals surface area contributed by atoms with Crippen LogP contribution in [0.5, 0.6) is 0 Å². The Morgan fingerprint density at radius 2 is 0.923 bits per heavy atom. The molecule has 2 aromatic heterocycles. The molecule has 3 heterocycles. The Bertz CT molecular complexity index is 2970. The van der Waals surface area contributed by atoms with Gasteiger partial charge in [0, 0.05) is 38.5 Å². The van der Waals surface area contributed by atoms with Crippen LogP contribution in [0.1, 0.15) is 0 Å². The molecule has 0 radical (unpaired) electrons. The van der Waals surface area contributed by atoms with Gasteiger partial charge in [-0.3, -0.25) is 4.57 Å². The van der Waals surface area contributed by atoms with E-state index in [1.807, 2.05) is 0 Å². The van der Waals surface area contributed by atoms with Gasteiger partial charge >= 0.3 is 0 Å². The second kappa shape index (κ2) is 11.2. The van der Waals surface area contributed by atoms with E-state index in [1.54, 1.807) is 0 Å². The minimum absolute atomic E-state index is 0.586. The van der Waals surface area contributed by atoms with Crippen LogP contribution < -0.4 is 4.90 Å². The van der Waals surface area contributed by atoms with E-state index in [0.717, 1.165) is 55.1 Å². The normalized spacial score (nSPS) is 12.2. The van der Waals surface area contributed by atoms with Crippen molar-refractivity contribution in [2.45, 2.75) is 0 Å². The Balaban J connectivity index is 1.11. The van der Waals surface area contributed by atoms with Gasteiger partial charge in [0.15, 0.2) is 11.6 Å². The molecule has 5 heteroatoms. The summed E-state index contributed by atoms with van der Waals surface area (Å²) in [5, 5.41) is 7.06. The van der Waals surface area contributed by atoms with E-state index in [0.29, 0.717) is 17.6 Å². The van der Waals surface area contributed by atoms with E-state index in [2.05, 4.69) is 185 Å². The van der Waals surface area contributed by atoms with Crippen LogP contribution in [0.3, 0.4) is 0 Å². The van der Waals surface area contributed by atoms with Gasteiger partial charge in [0.2, 0.25) is 5.95 Å². The van der Waals surface area contributed by atoms with Crippen molar-refractivity contribution in [2.24, 2.45) is 0 Å². The highest BCUT2D eigenvalue weighted by molar-refractivity contribution is 6.14. The monoisotopic (exact) mass is 663 g/mol. The molecule has 0 saturated heterocycles. The Morgan fingerprint density at radius 3 is 1.71 bits per heavy atom. The van der Waals surface area contributed by atoms with Crippen molar-refractivity contribution in [2.75, 3.05) is 4.90 Å². The Labute approximate surface area is 299 Å². The first-order valence-corrected chi connectivity index (χ1v) is 17.5. The number of aromatic nitrogens is 4. The van der Waals surface area contributed by atoms with Crippen molar-refractivity contribution < 1.29 is 0 Å². The number of anilines is 3. The average Bonchev–Trinajstić information content (AvgIpc) is 3.55. The molecular formula is C47H29N5. The predicted molar refractivity (Wildman–Crippen MR) is 214 cm³/mol. The molecular weight excluding hydrogens is 635 g/mol. The van der Waals surface area contributed by atoms with Gasteiger partial charge in [-0.2, -0.15) is 9.97 Å². The van der Waals surface area contributed by atoms with Crippen molar-refractivity contribution in [3.05, 3.63) is 176 Å². The van der Waals surface area contributed by atoms with E-state index in [1.165, 1.54) is 27.6 Å². The third-order valence-corrected chi connectivity index (χ3v) is 10.4. The number of nitrogens with zero attached hydrogens (tertiary/aromatic N) is 5. The van der Waals surface area contributed by atoms with Crippen LogP contribution in [0.4, 0.5) is 17.1 Å². The summed E-state index contributed by atoms with van der Waals surface area (Å²) in [5.74, 6) is 1.84. The minimum Gasteiger partial charge on any atom is -0.309 e. The lowest BCUT2D eigenvalue weighted by Gasteiger charge is -2.33. The number of benzene rings is 8. The van der Waals surface area contributed by atoms with Crippen LogP contribution in [0, 0.1) is 0 Å². The molecule has 0 unspecified atom stereocenters. The van der Waals surface area contributed by atoms with Gasteiger partial charge < -0.3 is 4.90 Å². The molecule has 0 aliphatic carbocycles. The highest BCUT2D eigenvalue weighted by atomic mass is 15.2. The van der Waals surface area contributed by atoms with Gasteiger partial charge in [-0.1, -0.05) is 127 Å². The van der Waals surface area contributed by atoms with Crippen LogP contribution in [-0.4, -0.2) is 19.5 Å². The molecule has 1 aliphatic rings. The topological polar surface area (TPSA) is 46.8 Å². The quantitative estimate of drug-likeness (QED) is 0.188. The number of hydrogen-bond donors (Lipinski definition) is 0. The van der Waals surface area contributed by atoms with E-state index in [-0.39, 0.29) is 0 Å². The fraction of sp³-hybridized carbons (Fsp3) is 0. The Hall–Kier alpha value is -7.11. The van der Waals surface area contributed by atoms with Crippen LogP contribution in [0.2, 0.25) is 0 Å². The molecule has 0 atom stereocenters. The maximum absolute atomic E-state index is 5.22. The third kappa shape index (κ3) is 4.26. The Morgan fingerprint density at radius 1 is 0.365 bits per heavy atom. The average molecular weight is 664 g/mol. The molecule has 11 rings (SSSR count). The Kier molecular flexibility index (Phi) is 6.18. The van der Waals surface area contributed by atoms with Crippen LogP contribution in [0.15, 0.2) is 176 Å². The highest BCUT2D eigenvalue weighted by Gasteiger charge is 2.26. The summed E-state index contributed by atoms with van der Waals surface area (Å²) in [7, 11) is 0. The van der Waals surface area contributed by atoms with Gasteiger partial charge in [-0.05, 0) is 70.3 Å². The lowest BCUT2D eigenvalue weighted by Crippen LogP contribution is -2.14. The van der Waals surface area contributed by atoms with Crippen LogP contribution in [-0.2, 0) is 0 Å². The molecule has 0 fully saturated rings. The molecule has 0 saturated carbocycles. The highest BCUT2D eigenvalue weighted by Crippen LogP contribution is 2.50. The summed E-state index contributed by atoms with van der Waals surface area (Å²) < 4.78 is 2.17. The molecule has 5 nitrogen and oxygen atoms in total. The summed E-state index contributed by atoms with van der Waals surface area (Å²) in [6.07, 6.45) is 0. The second-order valence-electron chi connectivity index (χ2n) is 13.3. The maximum Gasteiger partial charge on any atom is 0.238 e.